The lowest BCUT2D eigenvalue weighted by Crippen LogP contribution is -2.31. The zero-order valence-electron chi connectivity index (χ0n) is 8.89. The van der Waals surface area contributed by atoms with Crippen LogP contribution < -0.4 is 11.5 Å². The Morgan fingerprint density at radius 3 is 2.80 bits per heavy atom. The summed E-state index contributed by atoms with van der Waals surface area (Å²) in [6, 6.07) is 1.91. The summed E-state index contributed by atoms with van der Waals surface area (Å²) in [5.74, 6) is 0. The molecule has 0 aliphatic carbocycles. The van der Waals surface area contributed by atoms with E-state index >= 15 is 0 Å². The number of likely N-dealkylation sites (N-methyl/N-ethyl adjacent to an activating group) is 1. The molecule has 0 aromatic heterocycles. The number of nitrogens with zero attached hydrogens (tertiary/aromatic N) is 1. The van der Waals surface area contributed by atoms with Crippen molar-refractivity contribution in [3.8, 4) is 0 Å². The minimum absolute atomic E-state index is 0.679. The van der Waals surface area contributed by atoms with Gasteiger partial charge in [-0.25, -0.2) is 0 Å². The van der Waals surface area contributed by atoms with Crippen molar-refractivity contribution in [2.24, 2.45) is 0 Å². The van der Waals surface area contributed by atoms with Gasteiger partial charge in [0.15, 0.2) is 0 Å². The summed E-state index contributed by atoms with van der Waals surface area (Å²) in [6.07, 6.45) is 1.05. The van der Waals surface area contributed by atoms with Crippen molar-refractivity contribution < 1.29 is 0 Å². The number of fused-ring (bicyclic) bond motifs is 1. The Hall–Kier alpha value is -0.740. The molecule has 0 saturated carbocycles. The molecular weight excluding hydrogens is 254 g/mol. The van der Waals surface area contributed by atoms with Crippen molar-refractivity contribution in [3.05, 3.63) is 21.7 Å². The largest absolute Gasteiger partial charge is 0.397 e. The normalized spacial score (nSPS) is 16.4. The highest BCUT2D eigenvalue weighted by Gasteiger charge is 2.20. The third kappa shape index (κ3) is 1.84. The lowest BCUT2D eigenvalue weighted by atomic mass is 9.97. The Balaban J connectivity index is 2.48. The van der Waals surface area contributed by atoms with E-state index < -0.39 is 0 Å². The van der Waals surface area contributed by atoms with E-state index in [-0.39, 0.29) is 0 Å². The maximum atomic E-state index is 6.02. The molecular formula is C11H16BrN3. The third-order valence-corrected chi connectivity index (χ3v) is 3.79. The SMILES string of the molecule is CCN1CCc2c(Br)cc(N)c(N)c2C1. The molecule has 4 N–H and O–H groups in total. The summed E-state index contributed by atoms with van der Waals surface area (Å²) >= 11 is 3.55. The van der Waals surface area contributed by atoms with Gasteiger partial charge in [0, 0.05) is 17.6 Å². The zero-order valence-corrected chi connectivity index (χ0v) is 10.5. The van der Waals surface area contributed by atoms with Crippen LogP contribution >= 0.6 is 15.9 Å². The predicted molar refractivity (Wildman–Crippen MR) is 67.6 cm³/mol. The maximum absolute atomic E-state index is 6.02. The average Bonchev–Trinajstić information content (AvgIpc) is 2.25. The minimum atomic E-state index is 0.679. The highest BCUT2D eigenvalue weighted by molar-refractivity contribution is 9.10. The summed E-state index contributed by atoms with van der Waals surface area (Å²) in [5, 5.41) is 0. The third-order valence-electron chi connectivity index (χ3n) is 3.08. The summed E-state index contributed by atoms with van der Waals surface area (Å²) in [6.45, 7) is 5.25. The number of rotatable bonds is 1. The van der Waals surface area contributed by atoms with Crippen molar-refractivity contribution in [2.45, 2.75) is 19.9 Å². The van der Waals surface area contributed by atoms with Crippen molar-refractivity contribution in [1.29, 1.82) is 0 Å². The second-order valence-corrected chi connectivity index (χ2v) is 4.79. The first kappa shape index (κ1) is 10.8. The summed E-state index contributed by atoms with van der Waals surface area (Å²) in [4.78, 5) is 2.38. The number of halogens is 1. The molecule has 1 aliphatic rings. The molecule has 0 radical (unpaired) electrons. The first-order valence-corrected chi connectivity index (χ1v) is 6.00. The summed E-state index contributed by atoms with van der Waals surface area (Å²) < 4.78 is 1.10. The predicted octanol–water partition coefficient (Wildman–Crippen LogP) is 1.99. The van der Waals surface area contributed by atoms with Crippen LogP contribution in [0.15, 0.2) is 10.5 Å². The highest BCUT2D eigenvalue weighted by atomic mass is 79.9. The molecule has 1 aromatic rings. The molecule has 0 amide bonds. The van der Waals surface area contributed by atoms with Gasteiger partial charge in [0.1, 0.15) is 0 Å². The van der Waals surface area contributed by atoms with Gasteiger partial charge >= 0.3 is 0 Å². The van der Waals surface area contributed by atoms with E-state index in [9.17, 15) is 0 Å². The molecule has 1 aliphatic heterocycles. The molecule has 1 aromatic carbocycles. The van der Waals surface area contributed by atoms with Gasteiger partial charge in [-0.05, 0) is 30.2 Å². The molecule has 0 bridgehead atoms. The topological polar surface area (TPSA) is 55.3 Å². The van der Waals surface area contributed by atoms with Gasteiger partial charge in [-0.15, -0.1) is 0 Å². The Bertz CT molecular complexity index is 390. The lowest BCUT2D eigenvalue weighted by molar-refractivity contribution is 0.268. The molecule has 0 atom stereocenters. The maximum Gasteiger partial charge on any atom is 0.0597 e. The number of hydrogen-bond donors (Lipinski definition) is 2. The molecule has 15 heavy (non-hydrogen) atoms. The van der Waals surface area contributed by atoms with Crippen LogP contribution in [0.25, 0.3) is 0 Å². The Morgan fingerprint density at radius 2 is 2.13 bits per heavy atom. The molecule has 82 valence electrons. The van der Waals surface area contributed by atoms with Gasteiger partial charge in [-0.2, -0.15) is 0 Å². The highest BCUT2D eigenvalue weighted by Crippen LogP contribution is 2.34. The fraction of sp³-hybridized carbons (Fsp3) is 0.455. The first-order valence-electron chi connectivity index (χ1n) is 5.21. The Morgan fingerprint density at radius 1 is 1.40 bits per heavy atom. The number of nitrogens with two attached hydrogens (primary N) is 2. The first-order chi connectivity index (χ1) is 7.13. The van der Waals surface area contributed by atoms with Gasteiger partial charge in [-0.3, -0.25) is 4.90 Å². The quantitative estimate of drug-likeness (QED) is 0.767. The zero-order chi connectivity index (χ0) is 11.0. The van der Waals surface area contributed by atoms with Crippen LogP contribution in [0.2, 0.25) is 0 Å². The van der Waals surface area contributed by atoms with Crippen LogP contribution in [0.4, 0.5) is 11.4 Å². The summed E-state index contributed by atoms with van der Waals surface area (Å²) in [5.41, 5.74) is 15.8. The van der Waals surface area contributed by atoms with Crippen molar-refractivity contribution in [1.82, 2.24) is 4.90 Å². The second kappa shape index (κ2) is 4.02. The van der Waals surface area contributed by atoms with Gasteiger partial charge in [-0.1, -0.05) is 22.9 Å². The molecule has 4 heteroatoms. The smallest absolute Gasteiger partial charge is 0.0597 e. The van der Waals surface area contributed by atoms with E-state index in [0.29, 0.717) is 5.69 Å². The molecule has 0 fully saturated rings. The van der Waals surface area contributed by atoms with Gasteiger partial charge in [0.25, 0.3) is 0 Å². The van der Waals surface area contributed by atoms with Crippen LogP contribution in [0, 0.1) is 0 Å². The van der Waals surface area contributed by atoms with Gasteiger partial charge in [0.05, 0.1) is 11.4 Å². The van der Waals surface area contributed by atoms with Crippen molar-refractivity contribution in [3.63, 3.8) is 0 Å². The fourth-order valence-electron chi connectivity index (χ4n) is 2.08. The molecule has 0 saturated heterocycles. The summed E-state index contributed by atoms with van der Waals surface area (Å²) in [7, 11) is 0. The van der Waals surface area contributed by atoms with E-state index in [1.165, 1.54) is 11.1 Å². The van der Waals surface area contributed by atoms with Gasteiger partial charge in [0.2, 0.25) is 0 Å². The van der Waals surface area contributed by atoms with Crippen LogP contribution in [-0.2, 0) is 13.0 Å². The standard InChI is InChI=1S/C11H16BrN3/c1-2-15-4-3-7-8(6-15)11(14)10(13)5-9(7)12/h5H,2-4,6,13-14H2,1H3. The fourth-order valence-corrected chi connectivity index (χ4v) is 2.76. The second-order valence-electron chi connectivity index (χ2n) is 3.94. The number of nitrogen functional groups attached to an aromatic ring is 2. The number of anilines is 2. The molecule has 1 heterocycles. The minimum Gasteiger partial charge on any atom is -0.397 e. The Labute approximate surface area is 98.6 Å². The van der Waals surface area contributed by atoms with Crippen LogP contribution in [0.3, 0.4) is 0 Å². The van der Waals surface area contributed by atoms with E-state index in [4.69, 9.17) is 11.5 Å². The monoisotopic (exact) mass is 269 g/mol. The molecule has 0 unspecified atom stereocenters. The average molecular weight is 270 g/mol. The number of benzene rings is 1. The molecule has 2 rings (SSSR count). The van der Waals surface area contributed by atoms with Crippen molar-refractivity contribution >= 4 is 27.3 Å². The van der Waals surface area contributed by atoms with E-state index in [0.717, 1.165) is 36.2 Å². The van der Waals surface area contributed by atoms with Gasteiger partial charge < -0.3 is 11.5 Å². The Kier molecular flexibility index (Phi) is 2.89. The molecule has 0 spiro atoms. The van der Waals surface area contributed by atoms with E-state index in [1.807, 2.05) is 6.07 Å². The van der Waals surface area contributed by atoms with Crippen LogP contribution in [0.5, 0.6) is 0 Å². The van der Waals surface area contributed by atoms with Crippen LogP contribution in [-0.4, -0.2) is 18.0 Å². The van der Waals surface area contributed by atoms with E-state index in [2.05, 4.69) is 27.8 Å². The number of hydrogen-bond acceptors (Lipinski definition) is 3. The van der Waals surface area contributed by atoms with Crippen molar-refractivity contribution in [2.75, 3.05) is 24.6 Å². The van der Waals surface area contributed by atoms with Crippen LogP contribution in [0.1, 0.15) is 18.1 Å². The van der Waals surface area contributed by atoms with E-state index in [1.54, 1.807) is 0 Å². The molecule has 3 nitrogen and oxygen atoms in total. The lowest BCUT2D eigenvalue weighted by Gasteiger charge is -2.29.